The Bertz CT molecular complexity index is 447. The van der Waals surface area contributed by atoms with Gasteiger partial charge in [0.15, 0.2) is 0 Å². The summed E-state index contributed by atoms with van der Waals surface area (Å²) in [7, 11) is 3.30. The average Bonchev–Trinajstić information content (AvgIpc) is 2.59. The van der Waals surface area contributed by atoms with Gasteiger partial charge in [0.25, 0.3) is 0 Å². The first-order valence-corrected chi connectivity index (χ1v) is 5.25. The average molecular weight is 242 g/mol. The molecule has 0 radical (unpaired) electrons. The van der Waals surface area contributed by atoms with E-state index in [1.54, 1.807) is 31.2 Å². The maximum absolute atomic E-state index is 11.1. The fourth-order valence-corrected chi connectivity index (χ4v) is 2.30. The zero-order valence-corrected chi connectivity index (χ0v) is 9.78. The summed E-state index contributed by atoms with van der Waals surface area (Å²) < 4.78 is 5.22. The van der Waals surface area contributed by atoms with Crippen molar-refractivity contribution in [1.82, 2.24) is 0 Å². The molecule has 0 aromatic heterocycles. The molecule has 0 saturated heterocycles. The molecule has 1 unspecified atom stereocenters. The number of hydrogen-bond donors (Lipinski definition) is 1. The summed E-state index contributed by atoms with van der Waals surface area (Å²) in [4.78, 5) is 12.8. The number of nitrogens with zero attached hydrogens (tertiary/aromatic N) is 1. The highest BCUT2D eigenvalue weighted by atomic mass is 35.5. The van der Waals surface area contributed by atoms with Gasteiger partial charge in [0.1, 0.15) is 11.8 Å². The van der Waals surface area contributed by atoms with Crippen molar-refractivity contribution in [3.63, 3.8) is 0 Å². The SMILES string of the molecule is COc1ccc(Cl)c2c1N(C)C(C(=O)O)C2. The number of methoxy groups -OCH3 is 1. The highest BCUT2D eigenvalue weighted by Gasteiger charge is 2.35. The monoisotopic (exact) mass is 241 g/mol. The summed E-state index contributed by atoms with van der Waals surface area (Å²) in [5.74, 6) is -0.192. The van der Waals surface area contributed by atoms with Gasteiger partial charge < -0.3 is 14.7 Å². The van der Waals surface area contributed by atoms with Crippen LogP contribution in [0.1, 0.15) is 5.56 Å². The number of halogens is 1. The molecule has 1 aromatic carbocycles. The molecule has 2 rings (SSSR count). The van der Waals surface area contributed by atoms with E-state index in [1.165, 1.54) is 0 Å². The number of benzene rings is 1. The first-order valence-electron chi connectivity index (χ1n) is 4.87. The largest absolute Gasteiger partial charge is 0.495 e. The fourth-order valence-electron chi connectivity index (χ4n) is 2.07. The summed E-state index contributed by atoms with van der Waals surface area (Å²) in [5.41, 5.74) is 1.62. The van der Waals surface area contributed by atoms with Gasteiger partial charge in [-0.05, 0) is 12.1 Å². The van der Waals surface area contributed by atoms with Crippen molar-refractivity contribution < 1.29 is 14.6 Å². The molecular formula is C11H12ClNO3. The van der Waals surface area contributed by atoms with Crippen LogP contribution in [0.2, 0.25) is 5.02 Å². The van der Waals surface area contributed by atoms with Crippen molar-refractivity contribution >= 4 is 23.3 Å². The van der Waals surface area contributed by atoms with Crippen molar-refractivity contribution in [2.75, 3.05) is 19.1 Å². The summed E-state index contributed by atoms with van der Waals surface area (Å²) in [6, 6.07) is 2.92. The molecule has 1 N–H and O–H groups in total. The van der Waals surface area contributed by atoms with Crippen molar-refractivity contribution in [3.8, 4) is 5.75 Å². The molecule has 16 heavy (non-hydrogen) atoms. The van der Waals surface area contributed by atoms with Crippen LogP contribution in [0.4, 0.5) is 5.69 Å². The maximum Gasteiger partial charge on any atom is 0.326 e. The number of carbonyl (C=O) groups is 1. The van der Waals surface area contributed by atoms with Crippen LogP contribution in [-0.2, 0) is 11.2 Å². The Hall–Kier alpha value is -1.42. The van der Waals surface area contributed by atoms with E-state index < -0.39 is 12.0 Å². The fraction of sp³-hybridized carbons (Fsp3) is 0.364. The minimum absolute atomic E-state index is 0.414. The number of carboxylic acids is 1. The van der Waals surface area contributed by atoms with Crippen molar-refractivity contribution in [3.05, 3.63) is 22.7 Å². The van der Waals surface area contributed by atoms with E-state index in [2.05, 4.69) is 0 Å². The van der Waals surface area contributed by atoms with Crippen LogP contribution in [-0.4, -0.2) is 31.3 Å². The minimum atomic E-state index is -0.850. The third-order valence-electron chi connectivity index (χ3n) is 2.91. The summed E-state index contributed by atoms with van der Waals surface area (Å²) in [6.07, 6.45) is 0.414. The van der Waals surface area contributed by atoms with Crippen LogP contribution in [0.3, 0.4) is 0 Å². The lowest BCUT2D eigenvalue weighted by molar-refractivity contribution is -0.138. The summed E-state index contributed by atoms with van der Waals surface area (Å²) in [6.45, 7) is 0. The van der Waals surface area contributed by atoms with Crippen LogP contribution in [0.5, 0.6) is 5.75 Å². The van der Waals surface area contributed by atoms with E-state index >= 15 is 0 Å². The lowest BCUT2D eigenvalue weighted by Gasteiger charge is -2.20. The number of aliphatic carboxylic acids is 1. The molecule has 0 amide bonds. The smallest absolute Gasteiger partial charge is 0.326 e. The Labute approximate surface area is 98.4 Å². The molecule has 4 nitrogen and oxygen atoms in total. The first kappa shape index (κ1) is 11.1. The lowest BCUT2D eigenvalue weighted by atomic mass is 10.1. The third-order valence-corrected chi connectivity index (χ3v) is 3.27. The normalized spacial score (nSPS) is 18.4. The van der Waals surface area contributed by atoms with Crippen molar-refractivity contribution in [2.45, 2.75) is 12.5 Å². The molecule has 0 aliphatic carbocycles. The van der Waals surface area contributed by atoms with Gasteiger partial charge in [-0.25, -0.2) is 4.79 Å². The molecule has 1 atom stereocenters. The molecule has 0 fully saturated rings. The summed E-state index contributed by atoms with van der Waals surface area (Å²) >= 11 is 6.06. The van der Waals surface area contributed by atoms with E-state index in [0.717, 1.165) is 11.3 Å². The van der Waals surface area contributed by atoms with Gasteiger partial charge in [0, 0.05) is 24.1 Å². The molecule has 0 bridgehead atoms. The molecule has 0 spiro atoms. The van der Waals surface area contributed by atoms with Crippen LogP contribution in [0, 0.1) is 0 Å². The predicted molar refractivity (Wildman–Crippen MR) is 61.5 cm³/mol. The van der Waals surface area contributed by atoms with E-state index in [0.29, 0.717) is 17.2 Å². The van der Waals surface area contributed by atoms with Crippen molar-refractivity contribution in [1.29, 1.82) is 0 Å². The van der Waals surface area contributed by atoms with Gasteiger partial charge in [-0.2, -0.15) is 0 Å². The first-order chi connectivity index (χ1) is 7.56. The molecule has 1 aliphatic heterocycles. The van der Waals surface area contributed by atoms with Crippen molar-refractivity contribution in [2.24, 2.45) is 0 Å². The summed E-state index contributed by atoms with van der Waals surface area (Å²) in [5, 5.41) is 9.67. The highest BCUT2D eigenvalue weighted by molar-refractivity contribution is 6.32. The standard InChI is InChI=1S/C11H12ClNO3/c1-13-8(11(14)15)5-6-7(12)3-4-9(16-2)10(6)13/h3-4,8H,5H2,1-2H3,(H,14,15). The Balaban J connectivity index is 2.53. The number of rotatable bonds is 2. The maximum atomic E-state index is 11.1. The van der Waals surface area contributed by atoms with E-state index in [4.69, 9.17) is 21.4 Å². The molecule has 0 saturated carbocycles. The number of hydrogen-bond acceptors (Lipinski definition) is 3. The zero-order valence-electron chi connectivity index (χ0n) is 9.03. The molecule has 1 heterocycles. The Morgan fingerprint density at radius 2 is 2.31 bits per heavy atom. The van der Waals surface area contributed by atoms with Gasteiger partial charge in [0.05, 0.1) is 12.8 Å². The highest BCUT2D eigenvalue weighted by Crippen LogP contribution is 2.42. The second-order valence-corrected chi connectivity index (χ2v) is 4.15. The van der Waals surface area contributed by atoms with E-state index in [1.807, 2.05) is 0 Å². The van der Waals surface area contributed by atoms with Gasteiger partial charge in [-0.1, -0.05) is 11.6 Å². The van der Waals surface area contributed by atoms with E-state index in [-0.39, 0.29) is 0 Å². The molecule has 86 valence electrons. The molecule has 1 aromatic rings. The van der Waals surface area contributed by atoms with Gasteiger partial charge in [-0.3, -0.25) is 0 Å². The number of ether oxygens (including phenoxy) is 1. The van der Waals surface area contributed by atoms with Crippen LogP contribution in [0.25, 0.3) is 0 Å². The Morgan fingerprint density at radius 1 is 1.62 bits per heavy atom. The quantitative estimate of drug-likeness (QED) is 0.858. The van der Waals surface area contributed by atoms with Gasteiger partial charge in [-0.15, -0.1) is 0 Å². The second kappa shape index (κ2) is 3.87. The minimum Gasteiger partial charge on any atom is -0.495 e. The molecule has 1 aliphatic rings. The van der Waals surface area contributed by atoms with Crippen LogP contribution < -0.4 is 9.64 Å². The zero-order chi connectivity index (χ0) is 11.9. The molecular weight excluding hydrogens is 230 g/mol. The lowest BCUT2D eigenvalue weighted by Crippen LogP contribution is -2.35. The third kappa shape index (κ3) is 1.50. The van der Waals surface area contributed by atoms with Gasteiger partial charge in [0.2, 0.25) is 0 Å². The number of anilines is 1. The van der Waals surface area contributed by atoms with Crippen LogP contribution in [0.15, 0.2) is 12.1 Å². The second-order valence-electron chi connectivity index (χ2n) is 3.75. The number of carboxylic acid groups (broad SMARTS) is 1. The Morgan fingerprint density at radius 3 is 2.88 bits per heavy atom. The molecule has 5 heteroatoms. The predicted octanol–water partition coefficient (Wildman–Crippen LogP) is 1.79. The van der Waals surface area contributed by atoms with E-state index in [9.17, 15) is 4.79 Å². The topological polar surface area (TPSA) is 49.8 Å². The van der Waals surface area contributed by atoms with Gasteiger partial charge >= 0.3 is 5.97 Å². The van der Waals surface area contributed by atoms with Crippen LogP contribution >= 0.6 is 11.6 Å². The Kier molecular flexibility index (Phi) is 2.68. The number of fused-ring (bicyclic) bond motifs is 1. The number of likely N-dealkylation sites (N-methyl/N-ethyl adjacent to an activating group) is 1.